The first kappa shape index (κ1) is 15.2. The summed E-state index contributed by atoms with van der Waals surface area (Å²) in [6.45, 7) is 4.80. The fraction of sp³-hybridized carbons (Fsp3) is 0.278. The number of hydrogen-bond donors (Lipinski definition) is 1. The molecule has 0 radical (unpaired) electrons. The van der Waals surface area contributed by atoms with Gasteiger partial charge in [0.2, 0.25) is 5.95 Å². The van der Waals surface area contributed by atoms with Crippen LogP contribution in [-0.2, 0) is 0 Å². The van der Waals surface area contributed by atoms with Crippen molar-refractivity contribution >= 4 is 16.8 Å². The number of nitrogens with zero attached hydrogens (tertiary/aromatic N) is 3. The van der Waals surface area contributed by atoms with Crippen molar-refractivity contribution in [2.75, 3.05) is 6.54 Å². The van der Waals surface area contributed by atoms with E-state index in [1.807, 2.05) is 35.8 Å². The third-order valence-corrected chi connectivity index (χ3v) is 3.83. The highest BCUT2D eigenvalue weighted by atomic mass is 16.1. The Bertz CT molecular complexity index is 824. The lowest BCUT2D eigenvalue weighted by molar-refractivity contribution is 0.0946. The van der Waals surface area contributed by atoms with Gasteiger partial charge in [-0.2, -0.15) is 0 Å². The molecule has 0 aliphatic rings. The van der Waals surface area contributed by atoms with Crippen molar-refractivity contribution in [1.82, 2.24) is 19.9 Å². The first-order chi connectivity index (χ1) is 11.2. The van der Waals surface area contributed by atoms with Gasteiger partial charge in [-0.05, 0) is 31.0 Å². The fourth-order valence-corrected chi connectivity index (χ4v) is 2.69. The second kappa shape index (κ2) is 6.60. The molecule has 0 saturated heterocycles. The summed E-state index contributed by atoms with van der Waals surface area (Å²) in [7, 11) is 0. The van der Waals surface area contributed by atoms with Crippen LogP contribution in [0.5, 0.6) is 0 Å². The van der Waals surface area contributed by atoms with E-state index in [9.17, 15) is 4.79 Å². The molecule has 3 rings (SSSR count). The largest absolute Gasteiger partial charge is 0.351 e. The highest BCUT2D eigenvalue weighted by Crippen LogP contribution is 2.25. The van der Waals surface area contributed by atoms with Crippen LogP contribution >= 0.6 is 0 Å². The quantitative estimate of drug-likeness (QED) is 0.736. The standard InChI is InChI=1S/C18H20N4O/c1-3-4-9-19-17(23)15-12-14-8-5-7-13(2)16(14)22(15)18-20-10-6-11-21-18/h5-8,10-12H,3-4,9H2,1-2H3,(H,19,23). The topological polar surface area (TPSA) is 59.8 Å². The van der Waals surface area contributed by atoms with Gasteiger partial charge in [0.25, 0.3) is 5.91 Å². The molecule has 0 bridgehead atoms. The van der Waals surface area contributed by atoms with Crippen molar-refractivity contribution in [2.45, 2.75) is 26.7 Å². The predicted octanol–water partition coefficient (Wildman–Crippen LogP) is 3.26. The number of carbonyl (C=O) groups excluding carboxylic acids is 1. The normalized spacial score (nSPS) is 10.9. The summed E-state index contributed by atoms with van der Waals surface area (Å²) in [5, 5.41) is 3.99. The lowest BCUT2D eigenvalue weighted by Gasteiger charge is -2.10. The van der Waals surface area contributed by atoms with Gasteiger partial charge >= 0.3 is 0 Å². The van der Waals surface area contributed by atoms with Crippen LogP contribution < -0.4 is 5.32 Å². The number of rotatable bonds is 5. The van der Waals surface area contributed by atoms with Crippen molar-refractivity contribution < 1.29 is 4.79 Å². The molecule has 5 nitrogen and oxygen atoms in total. The van der Waals surface area contributed by atoms with Gasteiger partial charge in [0.15, 0.2) is 0 Å². The van der Waals surface area contributed by atoms with Crippen LogP contribution in [0, 0.1) is 6.92 Å². The van der Waals surface area contributed by atoms with Crippen LogP contribution in [0.4, 0.5) is 0 Å². The maximum atomic E-state index is 12.6. The van der Waals surface area contributed by atoms with E-state index in [0.717, 1.165) is 29.3 Å². The average molecular weight is 308 g/mol. The molecule has 1 aromatic carbocycles. The maximum Gasteiger partial charge on any atom is 0.268 e. The van der Waals surface area contributed by atoms with E-state index in [0.29, 0.717) is 18.2 Å². The Hall–Kier alpha value is -2.69. The zero-order valence-electron chi connectivity index (χ0n) is 13.4. The molecule has 2 heterocycles. The summed E-state index contributed by atoms with van der Waals surface area (Å²) < 4.78 is 1.84. The van der Waals surface area contributed by atoms with Crippen LogP contribution in [0.2, 0.25) is 0 Å². The Morgan fingerprint density at radius 3 is 2.74 bits per heavy atom. The van der Waals surface area contributed by atoms with Gasteiger partial charge in [-0.25, -0.2) is 9.97 Å². The van der Waals surface area contributed by atoms with Crippen LogP contribution in [0.15, 0.2) is 42.7 Å². The highest BCUT2D eigenvalue weighted by molar-refractivity contribution is 6.00. The molecule has 0 aliphatic carbocycles. The molecule has 0 saturated carbocycles. The number of fused-ring (bicyclic) bond motifs is 1. The molecule has 118 valence electrons. The number of aromatic nitrogens is 3. The maximum absolute atomic E-state index is 12.6. The molecule has 1 N–H and O–H groups in total. The van der Waals surface area contributed by atoms with E-state index in [2.05, 4.69) is 22.2 Å². The molecule has 5 heteroatoms. The third kappa shape index (κ3) is 2.95. The molecule has 0 unspecified atom stereocenters. The van der Waals surface area contributed by atoms with E-state index in [1.54, 1.807) is 18.5 Å². The highest BCUT2D eigenvalue weighted by Gasteiger charge is 2.19. The van der Waals surface area contributed by atoms with Crippen molar-refractivity contribution in [2.24, 2.45) is 0 Å². The third-order valence-electron chi connectivity index (χ3n) is 3.83. The number of aryl methyl sites for hydroxylation is 1. The van der Waals surface area contributed by atoms with Gasteiger partial charge in [0, 0.05) is 24.3 Å². The first-order valence-electron chi connectivity index (χ1n) is 7.89. The lowest BCUT2D eigenvalue weighted by atomic mass is 10.2. The molecule has 2 aromatic heterocycles. The summed E-state index contributed by atoms with van der Waals surface area (Å²) >= 11 is 0. The Morgan fingerprint density at radius 1 is 1.22 bits per heavy atom. The van der Waals surface area contributed by atoms with Gasteiger partial charge < -0.3 is 5.32 Å². The number of unbranched alkanes of at least 4 members (excludes halogenated alkanes) is 1. The zero-order chi connectivity index (χ0) is 16.2. The van der Waals surface area contributed by atoms with Gasteiger partial charge in [0.05, 0.1) is 5.52 Å². The summed E-state index contributed by atoms with van der Waals surface area (Å²) in [6, 6.07) is 9.70. The van der Waals surface area contributed by atoms with E-state index < -0.39 is 0 Å². The minimum Gasteiger partial charge on any atom is -0.351 e. The van der Waals surface area contributed by atoms with Crippen LogP contribution in [0.3, 0.4) is 0 Å². The van der Waals surface area contributed by atoms with Gasteiger partial charge in [-0.15, -0.1) is 0 Å². The number of hydrogen-bond acceptors (Lipinski definition) is 3. The van der Waals surface area contributed by atoms with E-state index >= 15 is 0 Å². The van der Waals surface area contributed by atoms with Crippen molar-refractivity contribution in [3.8, 4) is 5.95 Å². The van der Waals surface area contributed by atoms with Crippen molar-refractivity contribution in [3.05, 3.63) is 54.0 Å². The zero-order valence-corrected chi connectivity index (χ0v) is 13.4. The first-order valence-corrected chi connectivity index (χ1v) is 7.89. The number of amides is 1. The second-order valence-corrected chi connectivity index (χ2v) is 5.54. The van der Waals surface area contributed by atoms with E-state index in [4.69, 9.17) is 0 Å². The molecule has 0 spiro atoms. The van der Waals surface area contributed by atoms with E-state index in [-0.39, 0.29) is 5.91 Å². The smallest absolute Gasteiger partial charge is 0.268 e. The van der Waals surface area contributed by atoms with Gasteiger partial charge in [0.1, 0.15) is 5.69 Å². The van der Waals surface area contributed by atoms with Crippen LogP contribution in [0.25, 0.3) is 16.9 Å². The molecule has 0 atom stereocenters. The Balaban J connectivity index is 2.14. The molecule has 0 aliphatic heterocycles. The fourth-order valence-electron chi connectivity index (χ4n) is 2.69. The summed E-state index contributed by atoms with van der Waals surface area (Å²) in [5.74, 6) is 0.416. The SMILES string of the molecule is CCCCNC(=O)c1cc2cccc(C)c2n1-c1ncccn1. The van der Waals surface area contributed by atoms with Gasteiger partial charge in [-0.1, -0.05) is 31.5 Å². The lowest BCUT2D eigenvalue weighted by Crippen LogP contribution is -2.26. The summed E-state index contributed by atoms with van der Waals surface area (Å²) in [5.41, 5.74) is 2.62. The van der Waals surface area contributed by atoms with Crippen LogP contribution in [-0.4, -0.2) is 27.0 Å². The van der Waals surface area contributed by atoms with Gasteiger partial charge in [-0.3, -0.25) is 9.36 Å². The molecular weight excluding hydrogens is 288 g/mol. The van der Waals surface area contributed by atoms with Crippen LogP contribution in [0.1, 0.15) is 35.8 Å². The minimum absolute atomic E-state index is 0.0958. The monoisotopic (exact) mass is 308 g/mol. The molecule has 1 amide bonds. The summed E-state index contributed by atoms with van der Waals surface area (Å²) in [4.78, 5) is 21.3. The Labute approximate surface area is 135 Å². The molecular formula is C18H20N4O. The number of benzene rings is 1. The molecule has 0 fully saturated rings. The molecule has 23 heavy (non-hydrogen) atoms. The minimum atomic E-state index is -0.0958. The molecule has 3 aromatic rings. The number of para-hydroxylation sites is 1. The average Bonchev–Trinajstić information content (AvgIpc) is 2.97. The second-order valence-electron chi connectivity index (χ2n) is 5.54. The van der Waals surface area contributed by atoms with Crippen molar-refractivity contribution in [3.63, 3.8) is 0 Å². The van der Waals surface area contributed by atoms with E-state index in [1.165, 1.54) is 0 Å². The summed E-state index contributed by atoms with van der Waals surface area (Å²) in [6.07, 6.45) is 5.38. The van der Waals surface area contributed by atoms with Crippen molar-refractivity contribution in [1.29, 1.82) is 0 Å². The number of nitrogens with one attached hydrogen (secondary N) is 1. The number of carbonyl (C=O) groups is 1. The Morgan fingerprint density at radius 2 is 2.00 bits per heavy atom. The Kier molecular flexibility index (Phi) is 4.37. The predicted molar refractivity (Wildman–Crippen MR) is 90.8 cm³/mol.